The Hall–Kier alpha value is -3.27. The molecule has 0 bridgehead atoms. The minimum Gasteiger partial charge on any atom is -0.478 e. The number of hydrogen-bond acceptors (Lipinski definition) is 6. The molecule has 0 unspecified atom stereocenters. The quantitative estimate of drug-likeness (QED) is 0.650. The minimum atomic E-state index is -3.88. The summed E-state index contributed by atoms with van der Waals surface area (Å²) in [6.07, 6.45) is 2.21. The molecule has 2 aromatic rings. The SMILES string of the molecule is CC(=CC(=O)O)C(=O)Nc1ccc(S(=O)(=O)Nc2nccc(C)n2)cc1. The third-order valence-corrected chi connectivity index (χ3v) is 4.49. The summed E-state index contributed by atoms with van der Waals surface area (Å²) in [5.74, 6) is -1.88. The molecule has 0 spiro atoms. The fourth-order valence-corrected chi connectivity index (χ4v) is 2.83. The van der Waals surface area contributed by atoms with Crippen molar-refractivity contribution in [2.24, 2.45) is 0 Å². The van der Waals surface area contributed by atoms with Crippen molar-refractivity contribution in [1.82, 2.24) is 9.97 Å². The molecule has 3 N–H and O–H groups in total. The van der Waals surface area contributed by atoms with Gasteiger partial charge in [-0.05, 0) is 44.2 Å². The number of sulfonamides is 1. The average molecular weight is 376 g/mol. The zero-order valence-corrected chi connectivity index (χ0v) is 14.7. The van der Waals surface area contributed by atoms with Crippen molar-refractivity contribution >= 4 is 33.5 Å². The fourth-order valence-electron chi connectivity index (χ4n) is 1.88. The van der Waals surface area contributed by atoms with E-state index in [2.05, 4.69) is 20.0 Å². The number of nitrogens with one attached hydrogen (secondary N) is 2. The Kier molecular flexibility index (Phi) is 5.68. The fraction of sp³-hybridized carbons (Fsp3) is 0.125. The number of benzene rings is 1. The van der Waals surface area contributed by atoms with Crippen molar-refractivity contribution < 1.29 is 23.1 Å². The Morgan fingerprint density at radius 2 is 1.81 bits per heavy atom. The maximum atomic E-state index is 12.3. The van der Waals surface area contributed by atoms with Crippen molar-refractivity contribution in [3.8, 4) is 0 Å². The van der Waals surface area contributed by atoms with Gasteiger partial charge in [0.05, 0.1) is 4.90 Å². The number of aliphatic carboxylic acids is 1. The molecule has 0 saturated heterocycles. The summed E-state index contributed by atoms with van der Waals surface area (Å²) < 4.78 is 26.9. The standard InChI is InChI=1S/C16H16N4O5S/c1-10(9-14(21)22)15(23)19-12-3-5-13(6-4-12)26(24,25)20-16-17-8-7-11(2)18-16/h3-9H,1-2H3,(H,19,23)(H,21,22)(H,17,18,20). The van der Waals surface area contributed by atoms with E-state index >= 15 is 0 Å². The van der Waals surface area contributed by atoms with Crippen LogP contribution in [0.4, 0.5) is 11.6 Å². The molecule has 0 aliphatic carbocycles. The second-order valence-corrected chi connectivity index (χ2v) is 6.95. The number of nitrogens with zero attached hydrogens (tertiary/aromatic N) is 2. The summed E-state index contributed by atoms with van der Waals surface area (Å²) in [6, 6.07) is 7.00. The summed E-state index contributed by atoms with van der Waals surface area (Å²) in [4.78, 5) is 30.1. The van der Waals surface area contributed by atoms with Gasteiger partial charge in [-0.25, -0.2) is 27.9 Å². The van der Waals surface area contributed by atoms with Gasteiger partial charge in [0, 0.05) is 29.2 Å². The third-order valence-electron chi connectivity index (χ3n) is 3.14. The molecule has 2 rings (SSSR count). The van der Waals surface area contributed by atoms with Crippen LogP contribution in [0.25, 0.3) is 0 Å². The molecule has 0 saturated carbocycles. The molecule has 0 atom stereocenters. The number of carbonyl (C=O) groups excluding carboxylic acids is 1. The third kappa shape index (κ3) is 5.11. The molecule has 0 radical (unpaired) electrons. The van der Waals surface area contributed by atoms with Gasteiger partial charge < -0.3 is 10.4 Å². The van der Waals surface area contributed by atoms with E-state index in [0.717, 1.165) is 6.08 Å². The van der Waals surface area contributed by atoms with Crippen molar-refractivity contribution in [2.75, 3.05) is 10.0 Å². The monoisotopic (exact) mass is 376 g/mol. The van der Waals surface area contributed by atoms with Gasteiger partial charge >= 0.3 is 5.97 Å². The van der Waals surface area contributed by atoms with E-state index in [1.54, 1.807) is 13.0 Å². The van der Waals surface area contributed by atoms with Gasteiger partial charge in [-0.3, -0.25) is 4.79 Å². The lowest BCUT2D eigenvalue weighted by Crippen LogP contribution is -2.16. The largest absolute Gasteiger partial charge is 0.478 e. The van der Waals surface area contributed by atoms with Crippen LogP contribution in [-0.4, -0.2) is 35.4 Å². The molecular weight excluding hydrogens is 360 g/mol. The number of aromatic nitrogens is 2. The Bertz CT molecular complexity index is 968. The number of rotatable bonds is 6. The van der Waals surface area contributed by atoms with Crippen LogP contribution in [0.2, 0.25) is 0 Å². The first-order chi connectivity index (χ1) is 12.2. The molecular formula is C16H16N4O5S. The van der Waals surface area contributed by atoms with Crippen LogP contribution in [0.5, 0.6) is 0 Å². The molecule has 1 aromatic heterocycles. The molecule has 1 heterocycles. The van der Waals surface area contributed by atoms with Crippen LogP contribution < -0.4 is 10.0 Å². The lowest BCUT2D eigenvalue weighted by molar-refractivity contribution is -0.131. The molecule has 26 heavy (non-hydrogen) atoms. The van der Waals surface area contributed by atoms with Crippen LogP contribution in [0, 0.1) is 6.92 Å². The smallest absolute Gasteiger partial charge is 0.328 e. The Labute approximate surface area is 149 Å². The van der Waals surface area contributed by atoms with Crippen LogP contribution in [0.1, 0.15) is 12.6 Å². The van der Waals surface area contributed by atoms with E-state index < -0.39 is 21.9 Å². The summed E-state index contributed by atoms with van der Waals surface area (Å²) in [6.45, 7) is 3.06. The van der Waals surface area contributed by atoms with E-state index in [4.69, 9.17) is 5.11 Å². The van der Waals surface area contributed by atoms with Gasteiger partial charge in [0.2, 0.25) is 5.95 Å². The van der Waals surface area contributed by atoms with Crippen LogP contribution in [0.15, 0.2) is 53.1 Å². The molecule has 10 heteroatoms. The van der Waals surface area contributed by atoms with E-state index in [9.17, 15) is 18.0 Å². The summed E-state index contributed by atoms with van der Waals surface area (Å²) in [5, 5.41) is 11.1. The first-order valence-electron chi connectivity index (χ1n) is 7.32. The highest BCUT2D eigenvalue weighted by molar-refractivity contribution is 7.92. The average Bonchev–Trinajstić information content (AvgIpc) is 2.54. The summed E-state index contributed by atoms with van der Waals surface area (Å²) in [7, 11) is -3.88. The first-order valence-corrected chi connectivity index (χ1v) is 8.81. The molecule has 0 aliphatic heterocycles. The molecule has 1 aromatic carbocycles. The molecule has 1 amide bonds. The highest BCUT2D eigenvalue weighted by Crippen LogP contribution is 2.17. The maximum Gasteiger partial charge on any atom is 0.328 e. The Morgan fingerprint density at radius 3 is 2.38 bits per heavy atom. The Morgan fingerprint density at radius 1 is 1.15 bits per heavy atom. The van der Waals surface area contributed by atoms with Crippen molar-refractivity contribution in [3.63, 3.8) is 0 Å². The predicted molar refractivity (Wildman–Crippen MR) is 94.0 cm³/mol. The van der Waals surface area contributed by atoms with Gasteiger partial charge in [-0.2, -0.15) is 0 Å². The van der Waals surface area contributed by atoms with Crippen molar-refractivity contribution in [1.29, 1.82) is 0 Å². The summed E-state index contributed by atoms with van der Waals surface area (Å²) >= 11 is 0. The maximum absolute atomic E-state index is 12.3. The highest BCUT2D eigenvalue weighted by Gasteiger charge is 2.16. The van der Waals surface area contributed by atoms with E-state index in [1.165, 1.54) is 37.4 Å². The van der Waals surface area contributed by atoms with Gasteiger partial charge in [-0.15, -0.1) is 0 Å². The van der Waals surface area contributed by atoms with E-state index in [0.29, 0.717) is 11.4 Å². The van der Waals surface area contributed by atoms with E-state index in [1.807, 2.05) is 0 Å². The Balaban J connectivity index is 2.13. The zero-order valence-electron chi connectivity index (χ0n) is 13.9. The second kappa shape index (κ2) is 7.74. The molecule has 136 valence electrons. The van der Waals surface area contributed by atoms with Gasteiger partial charge in [0.25, 0.3) is 15.9 Å². The highest BCUT2D eigenvalue weighted by atomic mass is 32.2. The number of carboxylic acid groups (broad SMARTS) is 1. The molecule has 0 fully saturated rings. The number of carbonyl (C=O) groups is 2. The van der Waals surface area contributed by atoms with E-state index in [-0.39, 0.29) is 16.4 Å². The second-order valence-electron chi connectivity index (χ2n) is 5.27. The zero-order chi connectivity index (χ0) is 19.3. The molecule has 9 nitrogen and oxygen atoms in total. The topological polar surface area (TPSA) is 138 Å². The number of amides is 1. The van der Waals surface area contributed by atoms with Gasteiger partial charge in [0.15, 0.2) is 0 Å². The van der Waals surface area contributed by atoms with Crippen molar-refractivity contribution in [3.05, 3.63) is 53.9 Å². The minimum absolute atomic E-state index is 0.00691. The predicted octanol–water partition coefficient (Wildman–Crippen LogP) is 1.56. The number of aryl methyl sites for hydroxylation is 1. The van der Waals surface area contributed by atoms with Crippen LogP contribution >= 0.6 is 0 Å². The van der Waals surface area contributed by atoms with Gasteiger partial charge in [-0.1, -0.05) is 0 Å². The lowest BCUT2D eigenvalue weighted by Gasteiger charge is -2.09. The lowest BCUT2D eigenvalue weighted by atomic mass is 10.2. The summed E-state index contributed by atoms with van der Waals surface area (Å²) in [5.41, 5.74) is 0.937. The van der Waals surface area contributed by atoms with Crippen LogP contribution in [-0.2, 0) is 19.6 Å². The number of anilines is 2. The van der Waals surface area contributed by atoms with Crippen LogP contribution in [0.3, 0.4) is 0 Å². The number of hydrogen-bond donors (Lipinski definition) is 3. The normalized spacial score (nSPS) is 11.7. The van der Waals surface area contributed by atoms with Crippen molar-refractivity contribution in [2.45, 2.75) is 18.7 Å². The van der Waals surface area contributed by atoms with Gasteiger partial charge in [0.1, 0.15) is 0 Å². The first kappa shape index (κ1) is 19.1. The molecule has 0 aliphatic rings. The number of carboxylic acids is 1.